The first-order valence-corrected chi connectivity index (χ1v) is 9.76. The Balaban J connectivity index is 1.35. The Hall–Kier alpha value is -3.33. The number of fused-ring (bicyclic) bond motifs is 1. The number of anilines is 1. The Morgan fingerprint density at radius 3 is 2.46 bits per heavy atom. The molecule has 0 fully saturated rings. The molecular formula is C25H24N2O. The summed E-state index contributed by atoms with van der Waals surface area (Å²) in [7, 11) is 0. The van der Waals surface area contributed by atoms with Gasteiger partial charge in [-0.3, -0.25) is 4.79 Å². The molecule has 1 heterocycles. The van der Waals surface area contributed by atoms with Crippen molar-refractivity contribution in [1.82, 2.24) is 4.98 Å². The second kappa shape index (κ2) is 8.57. The third kappa shape index (κ3) is 4.32. The number of hydrogen-bond donors (Lipinski definition) is 2. The van der Waals surface area contributed by atoms with Gasteiger partial charge in [0, 0.05) is 29.2 Å². The molecule has 0 unspecified atom stereocenters. The van der Waals surface area contributed by atoms with Gasteiger partial charge in [-0.1, -0.05) is 66.7 Å². The van der Waals surface area contributed by atoms with Crippen LogP contribution >= 0.6 is 0 Å². The molecule has 3 aromatic carbocycles. The van der Waals surface area contributed by atoms with Gasteiger partial charge in [-0.2, -0.15) is 0 Å². The molecule has 0 aliphatic carbocycles. The highest BCUT2D eigenvalue weighted by molar-refractivity contribution is 5.91. The van der Waals surface area contributed by atoms with Crippen LogP contribution < -0.4 is 5.32 Å². The Morgan fingerprint density at radius 1 is 0.821 bits per heavy atom. The van der Waals surface area contributed by atoms with Crippen molar-refractivity contribution in [2.45, 2.75) is 25.7 Å². The molecule has 140 valence electrons. The van der Waals surface area contributed by atoms with Gasteiger partial charge in [0.2, 0.25) is 5.91 Å². The van der Waals surface area contributed by atoms with E-state index in [-0.39, 0.29) is 5.91 Å². The fourth-order valence-electron chi connectivity index (χ4n) is 3.60. The summed E-state index contributed by atoms with van der Waals surface area (Å²) in [5.41, 5.74) is 5.70. The summed E-state index contributed by atoms with van der Waals surface area (Å²) in [6.07, 6.45) is 5.10. The van der Waals surface area contributed by atoms with Crippen LogP contribution in [0, 0.1) is 0 Å². The van der Waals surface area contributed by atoms with Crippen molar-refractivity contribution < 1.29 is 4.79 Å². The van der Waals surface area contributed by atoms with E-state index in [1.54, 1.807) is 0 Å². The molecule has 0 aliphatic heterocycles. The van der Waals surface area contributed by atoms with E-state index in [2.05, 4.69) is 52.9 Å². The van der Waals surface area contributed by atoms with Gasteiger partial charge in [0.1, 0.15) is 0 Å². The molecule has 4 rings (SSSR count). The number of para-hydroxylation sites is 2. The van der Waals surface area contributed by atoms with Gasteiger partial charge in [-0.25, -0.2) is 0 Å². The van der Waals surface area contributed by atoms with E-state index in [1.807, 2.05) is 42.5 Å². The summed E-state index contributed by atoms with van der Waals surface area (Å²) in [6, 6.07) is 26.7. The third-order valence-corrected chi connectivity index (χ3v) is 5.05. The van der Waals surface area contributed by atoms with Crippen LogP contribution in [0.3, 0.4) is 0 Å². The molecule has 0 aliphatic rings. The SMILES string of the molecule is O=C(CCCc1c[nH]c2ccccc12)Nc1ccccc1Cc1ccccc1. The van der Waals surface area contributed by atoms with Crippen LogP contribution in [0.25, 0.3) is 10.9 Å². The van der Waals surface area contributed by atoms with Crippen molar-refractivity contribution in [3.63, 3.8) is 0 Å². The standard InChI is InChI=1S/C25H24N2O/c28-25(16-8-12-21-18-26-24-15-7-5-13-22(21)24)27-23-14-6-4-11-20(23)17-19-9-2-1-3-10-19/h1-7,9-11,13-15,18,26H,8,12,16-17H2,(H,27,28). The quantitative estimate of drug-likeness (QED) is 0.430. The average molecular weight is 368 g/mol. The molecular weight excluding hydrogens is 344 g/mol. The summed E-state index contributed by atoms with van der Waals surface area (Å²) < 4.78 is 0. The number of aromatic nitrogens is 1. The lowest BCUT2D eigenvalue weighted by Crippen LogP contribution is -2.13. The molecule has 1 aromatic heterocycles. The minimum Gasteiger partial charge on any atom is -0.361 e. The summed E-state index contributed by atoms with van der Waals surface area (Å²) in [4.78, 5) is 15.8. The van der Waals surface area contributed by atoms with Gasteiger partial charge >= 0.3 is 0 Å². The van der Waals surface area contributed by atoms with Gasteiger partial charge in [0.25, 0.3) is 0 Å². The lowest BCUT2D eigenvalue weighted by molar-refractivity contribution is -0.116. The molecule has 0 bridgehead atoms. The van der Waals surface area contributed by atoms with E-state index < -0.39 is 0 Å². The van der Waals surface area contributed by atoms with E-state index in [0.717, 1.165) is 36.0 Å². The van der Waals surface area contributed by atoms with Crippen molar-refractivity contribution in [2.75, 3.05) is 5.32 Å². The van der Waals surface area contributed by atoms with Crippen LogP contribution in [0.4, 0.5) is 5.69 Å². The zero-order valence-electron chi connectivity index (χ0n) is 15.8. The maximum absolute atomic E-state index is 12.5. The van der Waals surface area contributed by atoms with E-state index in [0.29, 0.717) is 6.42 Å². The largest absolute Gasteiger partial charge is 0.361 e. The van der Waals surface area contributed by atoms with E-state index in [9.17, 15) is 4.79 Å². The van der Waals surface area contributed by atoms with Crippen LogP contribution in [0.1, 0.15) is 29.5 Å². The summed E-state index contributed by atoms with van der Waals surface area (Å²) in [6.45, 7) is 0. The molecule has 1 amide bonds. The summed E-state index contributed by atoms with van der Waals surface area (Å²) >= 11 is 0. The predicted molar refractivity (Wildman–Crippen MR) is 116 cm³/mol. The highest BCUT2D eigenvalue weighted by Gasteiger charge is 2.09. The fourth-order valence-corrected chi connectivity index (χ4v) is 3.60. The molecule has 0 saturated carbocycles. The number of rotatable bonds is 7. The second-order valence-electron chi connectivity index (χ2n) is 7.08. The van der Waals surface area contributed by atoms with Crippen LogP contribution in [-0.4, -0.2) is 10.9 Å². The number of nitrogens with one attached hydrogen (secondary N) is 2. The van der Waals surface area contributed by atoms with Gasteiger partial charge in [-0.15, -0.1) is 0 Å². The maximum Gasteiger partial charge on any atom is 0.224 e. The van der Waals surface area contributed by atoms with Crippen molar-refractivity contribution in [3.8, 4) is 0 Å². The van der Waals surface area contributed by atoms with Gasteiger partial charge in [0.05, 0.1) is 0 Å². The average Bonchev–Trinajstić information content (AvgIpc) is 3.14. The first kappa shape index (κ1) is 18.1. The van der Waals surface area contributed by atoms with Gasteiger partial charge in [-0.05, 0) is 48.1 Å². The van der Waals surface area contributed by atoms with E-state index in [4.69, 9.17) is 0 Å². The number of aryl methyl sites for hydroxylation is 1. The second-order valence-corrected chi connectivity index (χ2v) is 7.08. The van der Waals surface area contributed by atoms with E-state index in [1.165, 1.54) is 16.5 Å². The normalized spacial score (nSPS) is 10.9. The lowest BCUT2D eigenvalue weighted by Gasteiger charge is -2.11. The van der Waals surface area contributed by atoms with Crippen molar-refractivity contribution in [3.05, 3.63) is 102 Å². The third-order valence-electron chi connectivity index (χ3n) is 5.05. The molecule has 0 spiro atoms. The highest BCUT2D eigenvalue weighted by Crippen LogP contribution is 2.21. The van der Waals surface area contributed by atoms with Crippen LogP contribution in [0.15, 0.2) is 85.1 Å². The maximum atomic E-state index is 12.5. The van der Waals surface area contributed by atoms with E-state index >= 15 is 0 Å². The van der Waals surface area contributed by atoms with Crippen molar-refractivity contribution in [1.29, 1.82) is 0 Å². The number of hydrogen-bond acceptors (Lipinski definition) is 1. The first-order valence-electron chi connectivity index (χ1n) is 9.76. The Morgan fingerprint density at radius 2 is 1.57 bits per heavy atom. The topological polar surface area (TPSA) is 44.9 Å². The fraction of sp³-hybridized carbons (Fsp3) is 0.160. The van der Waals surface area contributed by atoms with Crippen molar-refractivity contribution in [2.24, 2.45) is 0 Å². The number of aromatic amines is 1. The molecule has 0 radical (unpaired) electrons. The summed E-state index contributed by atoms with van der Waals surface area (Å²) in [5.74, 6) is 0.0698. The predicted octanol–water partition coefficient (Wildman–Crippen LogP) is 5.72. The molecule has 2 N–H and O–H groups in total. The Labute approximate surface area is 165 Å². The highest BCUT2D eigenvalue weighted by atomic mass is 16.1. The monoisotopic (exact) mass is 368 g/mol. The minimum atomic E-state index is 0.0698. The number of amides is 1. The molecule has 28 heavy (non-hydrogen) atoms. The van der Waals surface area contributed by atoms with Gasteiger partial charge in [0.15, 0.2) is 0 Å². The molecule has 0 saturated heterocycles. The van der Waals surface area contributed by atoms with Crippen LogP contribution in [0.5, 0.6) is 0 Å². The van der Waals surface area contributed by atoms with Crippen LogP contribution in [0.2, 0.25) is 0 Å². The summed E-state index contributed by atoms with van der Waals surface area (Å²) in [5, 5.41) is 4.35. The molecule has 4 aromatic rings. The lowest BCUT2D eigenvalue weighted by atomic mass is 10.0. The smallest absolute Gasteiger partial charge is 0.224 e. The molecule has 0 atom stereocenters. The zero-order chi connectivity index (χ0) is 19.2. The first-order chi connectivity index (χ1) is 13.8. The van der Waals surface area contributed by atoms with Crippen molar-refractivity contribution >= 4 is 22.5 Å². The van der Waals surface area contributed by atoms with Crippen LogP contribution in [-0.2, 0) is 17.6 Å². The molecule has 3 heteroatoms. The Kier molecular flexibility index (Phi) is 5.53. The Bertz CT molecular complexity index is 1070. The number of carbonyl (C=O) groups is 1. The zero-order valence-corrected chi connectivity index (χ0v) is 15.8. The minimum absolute atomic E-state index is 0.0698. The molecule has 3 nitrogen and oxygen atoms in total. The number of H-pyrrole nitrogens is 1. The number of carbonyl (C=O) groups excluding carboxylic acids is 1. The number of benzene rings is 3. The van der Waals surface area contributed by atoms with Gasteiger partial charge < -0.3 is 10.3 Å².